The Labute approximate surface area is 107 Å². The van der Waals surface area contributed by atoms with Gasteiger partial charge in [0.1, 0.15) is 11.4 Å². The number of fused-ring (bicyclic) bond motifs is 1. The first-order valence-corrected chi connectivity index (χ1v) is 5.99. The fraction of sp³-hybridized carbons (Fsp3) is 0.250. The lowest BCUT2D eigenvalue weighted by molar-refractivity contribution is 0.0595. The van der Waals surface area contributed by atoms with Gasteiger partial charge in [-0.05, 0) is 25.1 Å². The predicted octanol–water partition coefficient (Wildman–Crippen LogP) is 3.12. The summed E-state index contributed by atoms with van der Waals surface area (Å²) in [7, 11) is 1.35. The van der Waals surface area contributed by atoms with Crippen molar-refractivity contribution in [2.24, 2.45) is 0 Å². The van der Waals surface area contributed by atoms with E-state index in [2.05, 4.69) is 25.7 Å². The molecule has 1 aromatic carbocycles. The third-order valence-corrected chi connectivity index (χ3v) is 3.10. The third-order valence-electron chi connectivity index (χ3n) is 2.41. The first-order chi connectivity index (χ1) is 8.17. The van der Waals surface area contributed by atoms with Crippen molar-refractivity contribution < 1.29 is 14.3 Å². The summed E-state index contributed by atoms with van der Waals surface area (Å²) in [5, 5.41) is 0.899. The average molecular weight is 298 g/mol. The molecule has 0 spiro atoms. The van der Waals surface area contributed by atoms with Crippen LogP contribution in [0.1, 0.15) is 17.4 Å². The number of methoxy groups -OCH3 is 1. The van der Waals surface area contributed by atoms with Gasteiger partial charge in [-0.15, -0.1) is 0 Å². The second-order valence-corrected chi connectivity index (χ2v) is 4.30. The van der Waals surface area contributed by atoms with Crippen molar-refractivity contribution in [3.63, 3.8) is 0 Å². The van der Waals surface area contributed by atoms with E-state index in [0.29, 0.717) is 12.3 Å². The molecule has 1 aromatic heterocycles. The van der Waals surface area contributed by atoms with Crippen LogP contribution in [-0.4, -0.2) is 24.7 Å². The molecular formula is C12H12BrNO3. The Morgan fingerprint density at radius 3 is 2.88 bits per heavy atom. The van der Waals surface area contributed by atoms with Crippen molar-refractivity contribution in [1.82, 2.24) is 4.98 Å². The molecule has 0 aliphatic carbocycles. The van der Waals surface area contributed by atoms with Crippen LogP contribution in [0.25, 0.3) is 10.9 Å². The molecule has 90 valence electrons. The number of hydrogen-bond donors (Lipinski definition) is 1. The van der Waals surface area contributed by atoms with Gasteiger partial charge in [0.2, 0.25) is 0 Å². The van der Waals surface area contributed by atoms with E-state index in [0.717, 1.165) is 21.1 Å². The normalized spacial score (nSPS) is 10.5. The van der Waals surface area contributed by atoms with Crippen molar-refractivity contribution in [2.45, 2.75) is 6.92 Å². The lowest BCUT2D eigenvalue weighted by Crippen LogP contribution is -2.00. The van der Waals surface area contributed by atoms with E-state index in [1.165, 1.54) is 7.11 Å². The maximum Gasteiger partial charge on any atom is 0.354 e. The second kappa shape index (κ2) is 4.79. The Morgan fingerprint density at radius 2 is 2.24 bits per heavy atom. The van der Waals surface area contributed by atoms with Gasteiger partial charge in [0.05, 0.1) is 19.2 Å². The highest BCUT2D eigenvalue weighted by atomic mass is 79.9. The molecule has 0 unspecified atom stereocenters. The Balaban J connectivity index is 2.61. The van der Waals surface area contributed by atoms with Crippen LogP contribution in [0.5, 0.6) is 5.75 Å². The zero-order valence-electron chi connectivity index (χ0n) is 9.54. The molecule has 5 heteroatoms. The average Bonchev–Trinajstić information content (AvgIpc) is 2.78. The Hall–Kier alpha value is -1.49. The van der Waals surface area contributed by atoms with E-state index in [9.17, 15) is 4.79 Å². The number of H-pyrrole nitrogens is 1. The second-order valence-electron chi connectivity index (χ2n) is 3.44. The van der Waals surface area contributed by atoms with Crippen LogP contribution in [-0.2, 0) is 4.74 Å². The summed E-state index contributed by atoms with van der Waals surface area (Å²) < 4.78 is 11.1. The van der Waals surface area contributed by atoms with Crippen LogP contribution < -0.4 is 4.74 Å². The maximum atomic E-state index is 11.5. The summed E-state index contributed by atoms with van der Waals surface area (Å²) in [4.78, 5) is 14.5. The summed E-state index contributed by atoms with van der Waals surface area (Å²) in [5.41, 5.74) is 1.21. The largest absolute Gasteiger partial charge is 0.492 e. The lowest BCUT2D eigenvalue weighted by atomic mass is 10.2. The molecule has 0 fully saturated rings. The van der Waals surface area contributed by atoms with Crippen molar-refractivity contribution in [2.75, 3.05) is 13.7 Å². The number of halogens is 1. The van der Waals surface area contributed by atoms with E-state index < -0.39 is 5.97 Å². The predicted molar refractivity (Wildman–Crippen MR) is 68.5 cm³/mol. The first-order valence-electron chi connectivity index (χ1n) is 5.19. The van der Waals surface area contributed by atoms with Crippen LogP contribution in [0.15, 0.2) is 22.7 Å². The minimum atomic E-state index is -0.393. The van der Waals surface area contributed by atoms with E-state index in [-0.39, 0.29) is 0 Å². The minimum absolute atomic E-state index is 0.393. The highest BCUT2D eigenvalue weighted by Gasteiger charge is 2.14. The summed E-state index contributed by atoms with van der Waals surface area (Å²) in [6.07, 6.45) is 0. The Bertz CT molecular complexity index is 562. The smallest absolute Gasteiger partial charge is 0.354 e. The molecule has 0 saturated heterocycles. The fourth-order valence-corrected chi connectivity index (χ4v) is 2.10. The summed E-state index contributed by atoms with van der Waals surface area (Å²) in [5.74, 6) is 0.330. The number of carbonyl (C=O) groups excluding carboxylic acids is 1. The number of benzene rings is 1. The number of carbonyl (C=O) groups is 1. The zero-order valence-corrected chi connectivity index (χ0v) is 11.1. The molecule has 0 amide bonds. The van der Waals surface area contributed by atoms with Crippen LogP contribution in [0.2, 0.25) is 0 Å². The van der Waals surface area contributed by atoms with Gasteiger partial charge in [0, 0.05) is 9.86 Å². The topological polar surface area (TPSA) is 51.3 Å². The first kappa shape index (κ1) is 12.0. The van der Waals surface area contributed by atoms with Gasteiger partial charge in [0.15, 0.2) is 0 Å². The van der Waals surface area contributed by atoms with Crippen LogP contribution >= 0.6 is 15.9 Å². The van der Waals surface area contributed by atoms with E-state index in [1.54, 1.807) is 6.07 Å². The van der Waals surface area contributed by atoms with Crippen molar-refractivity contribution in [1.29, 1.82) is 0 Å². The molecule has 17 heavy (non-hydrogen) atoms. The number of rotatable bonds is 3. The number of aromatic nitrogens is 1. The van der Waals surface area contributed by atoms with Gasteiger partial charge >= 0.3 is 5.97 Å². The summed E-state index contributed by atoms with van der Waals surface area (Å²) in [6, 6.07) is 5.49. The van der Waals surface area contributed by atoms with Crippen LogP contribution in [0.4, 0.5) is 0 Å². The van der Waals surface area contributed by atoms with Gasteiger partial charge in [-0.2, -0.15) is 0 Å². The fourth-order valence-electron chi connectivity index (χ4n) is 1.65. The van der Waals surface area contributed by atoms with Crippen LogP contribution in [0, 0.1) is 0 Å². The molecule has 2 aromatic rings. The molecule has 0 aliphatic heterocycles. The highest BCUT2D eigenvalue weighted by Crippen LogP contribution is 2.32. The highest BCUT2D eigenvalue weighted by molar-refractivity contribution is 9.10. The molecule has 0 radical (unpaired) electrons. The van der Waals surface area contributed by atoms with Gasteiger partial charge in [-0.1, -0.05) is 15.9 Å². The molecular weight excluding hydrogens is 286 g/mol. The SMILES string of the molecule is CCOc1ccc(Br)c2cc(C(=O)OC)[nH]c12. The number of hydrogen-bond acceptors (Lipinski definition) is 3. The van der Waals surface area contributed by atoms with Crippen molar-refractivity contribution >= 4 is 32.8 Å². The van der Waals surface area contributed by atoms with E-state index in [1.807, 2.05) is 19.1 Å². The number of esters is 1. The quantitative estimate of drug-likeness (QED) is 0.886. The Kier molecular flexibility index (Phi) is 3.38. The third kappa shape index (κ3) is 2.15. The molecule has 1 heterocycles. The molecule has 0 atom stereocenters. The van der Waals surface area contributed by atoms with Gasteiger partial charge in [-0.25, -0.2) is 4.79 Å². The number of aromatic amines is 1. The van der Waals surface area contributed by atoms with Crippen molar-refractivity contribution in [3.8, 4) is 5.75 Å². The Morgan fingerprint density at radius 1 is 1.47 bits per heavy atom. The standard InChI is InChI=1S/C12H12BrNO3/c1-3-17-10-5-4-8(13)7-6-9(12(15)16-2)14-11(7)10/h4-6,14H,3H2,1-2H3. The van der Waals surface area contributed by atoms with Gasteiger partial charge in [0.25, 0.3) is 0 Å². The lowest BCUT2D eigenvalue weighted by Gasteiger charge is -2.04. The van der Waals surface area contributed by atoms with Crippen molar-refractivity contribution in [3.05, 3.63) is 28.4 Å². The van der Waals surface area contributed by atoms with E-state index >= 15 is 0 Å². The molecule has 1 N–H and O–H groups in total. The number of ether oxygens (including phenoxy) is 2. The molecule has 0 aliphatic rings. The number of nitrogens with one attached hydrogen (secondary N) is 1. The monoisotopic (exact) mass is 297 g/mol. The van der Waals surface area contributed by atoms with Gasteiger partial charge in [-0.3, -0.25) is 0 Å². The summed E-state index contributed by atoms with van der Waals surface area (Å²) in [6.45, 7) is 2.49. The van der Waals surface area contributed by atoms with E-state index in [4.69, 9.17) is 4.74 Å². The molecule has 0 saturated carbocycles. The van der Waals surface area contributed by atoms with Gasteiger partial charge < -0.3 is 14.5 Å². The molecule has 2 rings (SSSR count). The molecule has 4 nitrogen and oxygen atoms in total. The summed E-state index contributed by atoms with van der Waals surface area (Å²) >= 11 is 3.44. The van der Waals surface area contributed by atoms with Crippen LogP contribution in [0.3, 0.4) is 0 Å². The molecule has 0 bridgehead atoms. The zero-order chi connectivity index (χ0) is 12.4. The minimum Gasteiger partial charge on any atom is -0.492 e. The maximum absolute atomic E-state index is 11.5.